The fourth-order valence-electron chi connectivity index (χ4n) is 2.13. The molecule has 0 spiro atoms. The minimum absolute atomic E-state index is 0.125. The summed E-state index contributed by atoms with van der Waals surface area (Å²) in [6.45, 7) is 2.72. The van der Waals surface area contributed by atoms with Crippen LogP contribution in [-0.4, -0.2) is 25.6 Å². The Morgan fingerprint density at radius 3 is 2.71 bits per heavy atom. The second-order valence-electron chi connectivity index (χ2n) is 4.50. The van der Waals surface area contributed by atoms with Crippen molar-refractivity contribution in [1.29, 1.82) is 0 Å². The van der Waals surface area contributed by atoms with Crippen LogP contribution >= 0.6 is 0 Å². The summed E-state index contributed by atoms with van der Waals surface area (Å²) in [6.07, 6.45) is 2.05. The average molecular weight is 236 g/mol. The largest absolute Gasteiger partial charge is 0.373 e. The molecular formula is C14H20O3. The van der Waals surface area contributed by atoms with Gasteiger partial charge in [-0.2, -0.15) is 0 Å². The van der Waals surface area contributed by atoms with Gasteiger partial charge in [0.1, 0.15) is 0 Å². The number of ether oxygens (including phenoxy) is 3. The molecule has 1 aliphatic rings. The van der Waals surface area contributed by atoms with Crippen LogP contribution in [0.2, 0.25) is 0 Å². The standard InChI is InChI=1S/C14H20O3/c1-11-8-13(9-14(15-2)17-11)16-10-12-6-4-3-5-7-12/h3-7,11,13-14H,8-10H2,1-2H3/t11-,13+,14+/m1/s1. The summed E-state index contributed by atoms with van der Waals surface area (Å²) in [4.78, 5) is 0. The van der Waals surface area contributed by atoms with Crippen LogP contribution in [0.4, 0.5) is 0 Å². The Balaban J connectivity index is 1.82. The molecule has 0 radical (unpaired) electrons. The van der Waals surface area contributed by atoms with Crippen molar-refractivity contribution < 1.29 is 14.2 Å². The second-order valence-corrected chi connectivity index (χ2v) is 4.50. The van der Waals surface area contributed by atoms with Crippen LogP contribution < -0.4 is 0 Å². The molecule has 3 heteroatoms. The minimum Gasteiger partial charge on any atom is -0.373 e. The van der Waals surface area contributed by atoms with Gasteiger partial charge in [-0.15, -0.1) is 0 Å². The second kappa shape index (κ2) is 6.15. The molecule has 3 nitrogen and oxygen atoms in total. The predicted octanol–water partition coefficient (Wildman–Crippen LogP) is 2.74. The number of benzene rings is 1. The molecular weight excluding hydrogens is 216 g/mol. The Morgan fingerprint density at radius 2 is 2.00 bits per heavy atom. The van der Waals surface area contributed by atoms with Gasteiger partial charge in [0.25, 0.3) is 0 Å². The molecule has 17 heavy (non-hydrogen) atoms. The lowest BCUT2D eigenvalue weighted by Crippen LogP contribution is -2.36. The molecule has 0 bridgehead atoms. The van der Waals surface area contributed by atoms with E-state index in [0.29, 0.717) is 6.61 Å². The Kier molecular flexibility index (Phi) is 4.54. The fourth-order valence-corrected chi connectivity index (χ4v) is 2.13. The lowest BCUT2D eigenvalue weighted by Gasteiger charge is -2.32. The fraction of sp³-hybridized carbons (Fsp3) is 0.571. The van der Waals surface area contributed by atoms with Crippen molar-refractivity contribution in [2.45, 2.75) is 44.9 Å². The van der Waals surface area contributed by atoms with Gasteiger partial charge in [-0.3, -0.25) is 0 Å². The summed E-state index contributed by atoms with van der Waals surface area (Å²) >= 11 is 0. The first-order valence-electron chi connectivity index (χ1n) is 6.11. The first kappa shape index (κ1) is 12.6. The molecule has 0 aromatic heterocycles. The van der Waals surface area contributed by atoms with E-state index in [2.05, 4.69) is 19.1 Å². The Bertz CT molecular complexity index is 325. The van der Waals surface area contributed by atoms with Crippen molar-refractivity contribution in [2.24, 2.45) is 0 Å². The summed E-state index contributed by atoms with van der Waals surface area (Å²) < 4.78 is 16.8. The van der Waals surface area contributed by atoms with E-state index in [1.54, 1.807) is 7.11 Å². The summed E-state index contributed by atoms with van der Waals surface area (Å²) in [6, 6.07) is 10.2. The molecule has 1 aromatic carbocycles. The van der Waals surface area contributed by atoms with E-state index in [-0.39, 0.29) is 18.5 Å². The van der Waals surface area contributed by atoms with Crippen LogP contribution in [0.15, 0.2) is 30.3 Å². The summed E-state index contributed by atoms with van der Waals surface area (Å²) in [5, 5.41) is 0. The number of hydrogen-bond donors (Lipinski definition) is 0. The minimum atomic E-state index is -0.125. The molecule has 1 aromatic rings. The van der Waals surface area contributed by atoms with Crippen LogP contribution in [0.25, 0.3) is 0 Å². The third-order valence-electron chi connectivity index (χ3n) is 3.03. The van der Waals surface area contributed by atoms with Crippen molar-refractivity contribution in [3.8, 4) is 0 Å². The molecule has 1 aliphatic heterocycles. The van der Waals surface area contributed by atoms with Crippen LogP contribution in [-0.2, 0) is 20.8 Å². The van der Waals surface area contributed by atoms with E-state index in [1.807, 2.05) is 18.2 Å². The Hall–Kier alpha value is -0.900. The predicted molar refractivity (Wildman–Crippen MR) is 65.6 cm³/mol. The van der Waals surface area contributed by atoms with E-state index in [9.17, 15) is 0 Å². The molecule has 0 aliphatic carbocycles. The van der Waals surface area contributed by atoms with Crippen LogP contribution in [0.5, 0.6) is 0 Å². The molecule has 3 atom stereocenters. The summed E-state index contributed by atoms with van der Waals surface area (Å²) in [5.41, 5.74) is 1.21. The molecule has 94 valence electrons. The number of hydrogen-bond acceptors (Lipinski definition) is 3. The Morgan fingerprint density at radius 1 is 1.24 bits per heavy atom. The average Bonchev–Trinajstić information content (AvgIpc) is 2.37. The van der Waals surface area contributed by atoms with E-state index >= 15 is 0 Å². The van der Waals surface area contributed by atoms with Gasteiger partial charge in [-0.1, -0.05) is 30.3 Å². The van der Waals surface area contributed by atoms with E-state index in [4.69, 9.17) is 14.2 Å². The van der Waals surface area contributed by atoms with Gasteiger partial charge in [-0.25, -0.2) is 0 Å². The molecule has 2 rings (SSSR count). The quantitative estimate of drug-likeness (QED) is 0.804. The molecule has 1 heterocycles. The molecule has 0 amide bonds. The van der Waals surface area contributed by atoms with Crippen molar-refractivity contribution in [2.75, 3.05) is 7.11 Å². The first-order valence-corrected chi connectivity index (χ1v) is 6.11. The van der Waals surface area contributed by atoms with Gasteiger partial charge < -0.3 is 14.2 Å². The highest BCUT2D eigenvalue weighted by Gasteiger charge is 2.27. The van der Waals surface area contributed by atoms with Gasteiger partial charge in [0.2, 0.25) is 0 Å². The third-order valence-corrected chi connectivity index (χ3v) is 3.03. The highest BCUT2D eigenvalue weighted by molar-refractivity contribution is 5.13. The normalized spacial score (nSPS) is 29.2. The van der Waals surface area contributed by atoms with Crippen molar-refractivity contribution in [3.05, 3.63) is 35.9 Å². The van der Waals surface area contributed by atoms with Gasteiger partial charge in [0, 0.05) is 13.5 Å². The topological polar surface area (TPSA) is 27.7 Å². The highest BCUT2D eigenvalue weighted by atomic mass is 16.7. The SMILES string of the molecule is CO[C@@H]1C[C@@H](OCc2ccccc2)C[C@@H](C)O1. The van der Waals surface area contributed by atoms with Crippen LogP contribution in [0, 0.1) is 0 Å². The van der Waals surface area contributed by atoms with Crippen LogP contribution in [0.1, 0.15) is 25.3 Å². The highest BCUT2D eigenvalue weighted by Crippen LogP contribution is 2.23. The summed E-state index contributed by atoms with van der Waals surface area (Å²) in [5.74, 6) is 0. The zero-order valence-electron chi connectivity index (χ0n) is 10.5. The zero-order valence-corrected chi connectivity index (χ0v) is 10.5. The van der Waals surface area contributed by atoms with E-state index in [1.165, 1.54) is 5.56 Å². The number of rotatable bonds is 4. The zero-order chi connectivity index (χ0) is 12.1. The smallest absolute Gasteiger partial charge is 0.160 e. The van der Waals surface area contributed by atoms with Crippen LogP contribution in [0.3, 0.4) is 0 Å². The van der Waals surface area contributed by atoms with Crippen molar-refractivity contribution in [3.63, 3.8) is 0 Å². The lowest BCUT2D eigenvalue weighted by atomic mass is 10.1. The number of methoxy groups -OCH3 is 1. The molecule has 1 fully saturated rings. The van der Waals surface area contributed by atoms with Crippen molar-refractivity contribution >= 4 is 0 Å². The van der Waals surface area contributed by atoms with Gasteiger partial charge in [0.15, 0.2) is 6.29 Å². The maximum Gasteiger partial charge on any atom is 0.160 e. The van der Waals surface area contributed by atoms with Gasteiger partial charge in [0.05, 0.1) is 18.8 Å². The Labute approximate surface area is 103 Å². The van der Waals surface area contributed by atoms with Gasteiger partial charge >= 0.3 is 0 Å². The molecule has 0 saturated carbocycles. The van der Waals surface area contributed by atoms with Gasteiger partial charge in [-0.05, 0) is 18.9 Å². The maximum absolute atomic E-state index is 5.91. The molecule has 0 N–H and O–H groups in total. The maximum atomic E-state index is 5.91. The third kappa shape index (κ3) is 3.80. The summed E-state index contributed by atoms with van der Waals surface area (Å²) in [7, 11) is 1.68. The molecule has 1 saturated heterocycles. The molecule has 0 unspecified atom stereocenters. The monoisotopic (exact) mass is 236 g/mol. The van der Waals surface area contributed by atoms with Crippen molar-refractivity contribution in [1.82, 2.24) is 0 Å². The lowest BCUT2D eigenvalue weighted by molar-refractivity contribution is -0.207. The van der Waals surface area contributed by atoms with E-state index in [0.717, 1.165) is 12.8 Å². The first-order chi connectivity index (χ1) is 8.28. The van der Waals surface area contributed by atoms with E-state index < -0.39 is 0 Å².